The molecule has 0 aliphatic carbocycles. The summed E-state index contributed by atoms with van der Waals surface area (Å²) in [6.45, 7) is 7.44. The van der Waals surface area contributed by atoms with E-state index >= 15 is 0 Å². The summed E-state index contributed by atoms with van der Waals surface area (Å²) in [5.41, 5.74) is 0. The van der Waals surface area contributed by atoms with E-state index in [0.29, 0.717) is 12.6 Å². The van der Waals surface area contributed by atoms with Gasteiger partial charge in [-0.2, -0.15) is 0 Å². The van der Waals surface area contributed by atoms with Crippen molar-refractivity contribution in [3.8, 4) is 0 Å². The van der Waals surface area contributed by atoms with E-state index < -0.39 is 0 Å². The summed E-state index contributed by atoms with van der Waals surface area (Å²) in [4.78, 5) is 20.2. The Labute approximate surface area is 168 Å². The fourth-order valence-electron chi connectivity index (χ4n) is 2.83. The normalized spacial score (nSPS) is 25.3. The quantitative estimate of drug-likeness (QED) is 0.375. The van der Waals surface area contributed by atoms with Crippen LogP contribution in [0.4, 0.5) is 0 Å². The molecule has 25 heavy (non-hydrogen) atoms. The molecule has 0 saturated carbocycles. The fourth-order valence-corrected chi connectivity index (χ4v) is 2.83. The summed E-state index contributed by atoms with van der Waals surface area (Å²) in [7, 11) is 3.50. The van der Waals surface area contributed by atoms with Gasteiger partial charge in [0, 0.05) is 39.8 Å². The minimum atomic E-state index is 0. The zero-order chi connectivity index (χ0) is 17.5. The van der Waals surface area contributed by atoms with Gasteiger partial charge in [0.2, 0.25) is 5.91 Å². The lowest BCUT2D eigenvalue weighted by molar-refractivity contribution is -0.127. The van der Waals surface area contributed by atoms with E-state index in [4.69, 9.17) is 9.47 Å². The van der Waals surface area contributed by atoms with Crippen LogP contribution in [0, 0.1) is 0 Å². The third-order valence-electron chi connectivity index (χ3n) is 4.62. The summed E-state index contributed by atoms with van der Waals surface area (Å²) in [5, 5.41) is 3.45. The molecule has 146 valence electrons. The molecule has 7 nitrogen and oxygen atoms in total. The van der Waals surface area contributed by atoms with Gasteiger partial charge in [0.1, 0.15) is 12.6 Å². The Morgan fingerprint density at radius 3 is 2.64 bits per heavy atom. The maximum absolute atomic E-state index is 11.9. The topological polar surface area (TPSA) is 66.4 Å². The van der Waals surface area contributed by atoms with Crippen LogP contribution in [0.5, 0.6) is 0 Å². The second kappa shape index (κ2) is 11.2. The average molecular weight is 468 g/mol. The van der Waals surface area contributed by atoms with E-state index in [0.717, 1.165) is 44.9 Å². The summed E-state index contributed by atoms with van der Waals surface area (Å²) in [6, 6.07) is 0.308. The van der Waals surface area contributed by atoms with Gasteiger partial charge in [0.15, 0.2) is 5.96 Å². The van der Waals surface area contributed by atoms with Crippen LogP contribution < -0.4 is 5.32 Å². The van der Waals surface area contributed by atoms with Crippen molar-refractivity contribution in [2.75, 3.05) is 46.9 Å². The predicted octanol–water partition coefficient (Wildman–Crippen LogP) is 1.32. The number of rotatable bonds is 5. The first-order valence-corrected chi connectivity index (χ1v) is 9.00. The zero-order valence-corrected chi connectivity index (χ0v) is 18.2. The number of nitrogens with zero attached hydrogens (tertiary/aromatic N) is 3. The number of hydrogen-bond acceptors (Lipinski definition) is 4. The molecule has 0 aromatic heterocycles. The molecule has 2 rings (SSSR count). The number of ether oxygens (including phenoxy) is 2. The smallest absolute Gasteiger partial charge is 0.243 e. The number of amides is 1. The van der Waals surface area contributed by atoms with Crippen molar-refractivity contribution in [3.63, 3.8) is 0 Å². The monoisotopic (exact) mass is 468 g/mol. The first-order chi connectivity index (χ1) is 11.5. The number of morpholine rings is 1. The lowest BCUT2D eigenvalue weighted by Gasteiger charge is -2.38. The molecule has 1 amide bonds. The van der Waals surface area contributed by atoms with Crippen molar-refractivity contribution >= 4 is 35.8 Å². The van der Waals surface area contributed by atoms with Gasteiger partial charge in [0.25, 0.3) is 0 Å². The molecular weight excluding hydrogens is 435 g/mol. The molecule has 0 bridgehead atoms. The van der Waals surface area contributed by atoms with Crippen LogP contribution in [0.1, 0.15) is 33.1 Å². The maximum atomic E-state index is 11.9. The third kappa shape index (κ3) is 6.90. The van der Waals surface area contributed by atoms with E-state index in [2.05, 4.69) is 29.1 Å². The molecule has 2 aliphatic heterocycles. The SMILES string of the molecule is CCC(C)NC(=NCC(=O)N(C)C)N1CCOC(C2CCCO2)C1.I. The molecule has 2 fully saturated rings. The minimum Gasteiger partial charge on any atom is -0.375 e. The standard InChI is InChI=1S/C17H32N4O3.HI/c1-5-13(2)19-17(18-11-16(22)20(3)4)21-8-10-24-15(12-21)14-7-6-9-23-14;/h13-15H,5-12H2,1-4H3,(H,18,19);1H. The van der Waals surface area contributed by atoms with Gasteiger partial charge in [-0.1, -0.05) is 6.92 Å². The van der Waals surface area contributed by atoms with Gasteiger partial charge in [-0.3, -0.25) is 4.79 Å². The van der Waals surface area contributed by atoms with Crippen LogP contribution in [0.2, 0.25) is 0 Å². The lowest BCUT2D eigenvalue weighted by Crippen LogP contribution is -2.54. The maximum Gasteiger partial charge on any atom is 0.243 e. The van der Waals surface area contributed by atoms with E-state index in [1.54, 1.807) is 19.0 Å². The minimum absolute atomic E-state index is 0. The summed E-state index contributed by atoms with van der Waals surface area (Å²) >= 11 is 0. The van der Waals surface area contributed by atoms with Crippen molar-refractivity contribution in [2.24, 2.45) is 4.99 Å². The van der Waals surface area contributed by atoms with Gasteiger partial charge in [-0.15, -0.1) is 24.0 Å². The number of carbonyl (C=O) groups is 1. The van der Waals surface area contributed by atoms with Crippen LogP contribution in [0.3, 0.4) is 0 Å². The van der Waals surface area contributed by atoms with Crippen molar-refractivity contribution < 1.29 is 14.3 Å². The Morgan fingerprint density at radius 1 is 1.32 bits per heavy atom. The molecule has 3 atom stereocenters. The van der Waals surface area contributed by atoms with Crippen molar-refractivity contribution in [3.05, 3.63) is 0 Å². The molecule has 0 radical (unpaired) electrons. The summed E-state index contributed by atoms with van der Waals surface area (Å²) in [5.74, 6) is 0.799. The van der Waals surface area contributed by atoms with Gasteiger partial charge in [-0.25, -0.2) is 4.99 Å². The van der Waals surface area contributed by atoms with Gasteiger partial charge in [-0.05, 0) is 26.2 Å². The molecule has 0 aromatic carbocycles. The number of nitrogens with one attached hydrogen (secondary N) is 1. The highest BCUT2D eigenvalue weighted by atomic mass is 127. The molecule has 8 heteroatoms. The van der Waals surface area contributed by atoms with E-state index in [1.165, 1.54) is 0 Å². The Hall–Kier alpha value is -0.610. The summed E-state index contributed by atoms with van der Waals surface area (Å²) < 4.78 is 11.7. The van der Waals surface area contributed by atoms with E-state index in [9.17, 15) is 4.79 Å². The van der Waals surface area contributed by atoms with Crippen LogP contribution >= 0.6 is 24.0 Å². The van der Waals surface area contributed by atoms with Crippen LogP contribution in [0.25, 0.3) is 0 Å². The van der Waals surface area contributed by atoms with Crippen LogP contribution in [-0.4, -0.2) is 86.9 Å². The zero-order valence-electron chi connectivity index (χ0n) is 15.9. The number of carbonyl (C=O) groups excluding carboxylic acids is 1. The largest absolute Gasteiger partial charge is 0.375 e. The molecule has 2 heterocycles. The number of hydrogen-bond donors (Lipinski definition) is 1. The first kappa shape index (κ1) is 22.4. The molecule has 0 spiro atoms. The van der Waals surface area contributed by atoms with Gasteiger partial charge >= 0.3 is 0 Å². The highest BCUT2D eigenvalue weighted by Gasteiger charge is 2.32. The number of likely N-dealkylation sites (N-methyl/N-ethyl adjacent to an activating group) is 1. The Balaban J connectivity index is 0.00000312. The Morgan fingerprint density at radius 2 is 2.04 bits per heavy atom. The fraction of sp³-hybridized carbons (Fsp3) is 0.882. The Bertz CT molecular complexity index is 442. The summed E-state index contributed by atoms with van der Waals surface area (Å²) in [6.07, 6.45) is 3.42. The van der Waals surface area contributed by atoms with Crippen molar-refractivity contribution in [1.82, 2.24) is 15.1 Å². The van der Waals surface area contributed by atoms with Crippen molar-refractivity contribution in [1.29, 1.82) is 0 Å². The molecular formula is C17H33IN4O3. The number of guanidine groups is 1. The second-order valence-electron chi connectivity index (χ2n) is 6.79. The molecule has 2 saturated heterocycles. The van der Waals surface area contributed by atoms with Crippen LogP contribution in [-0.2, 0) is 14.3 Å². The van der Waals surface area contributed by atoms with E-state index in [1.807, 2.05) is 0 Å². The first-order valence-electron chi connectivity index (χ1n) is 9.00. The van der Waals surface area contributed by atoms with Crippen molar-refractivity contribution in [2.45, 2.75) is 51.4 Å². The highest BCUT2D eigenvalue weighted by molar-refractivity contribution is 14.0. The Kier molecular flexibility index (Phi) is 10.0. The third-order valence-corrected chi connectivity index (χ3v) is 4.62. The molecule has 0 aromatic rings. The number of aliphatic imine (C=N–C) groups is 1. The highest BCUT2D eigenvalue weighted by Crippen LogP contribution is 2.21. The van der Waals surface area contributed by atoms with Gasteiger partial charge < -0.3 is 24.6 Å². The lowest BCUT2D eigenvalue weighted by atomic mass is 10.1. The molecule has 2 aliphatic rings. The average Bonchev–Trinajstić information content (AvgIpc) is 3.12. The van der Waals surface area contributed by atoms with E-state index in [-0.39, 0.29) is 48.6 Å². The van der Waals surface area contributed by atoms with Gasteiger partial charge in [0.05, 0.1) is 12.7 Å². The van der Waals surface area contributed by atoms with Crippen LogP contribution in [0.15, 0.2) is 4.99 Å². The second-order valence-corrected chi connectivity index (χ2v) is 6.79. The molecule has 1 N–H and O–H groups in total. The predicted molar refractivity (Wildman–Crippen MR) is 110 cm³/mol. The number of halogens is 1. The molecule has 3 unspecified atom stereocenters.